The summed E-state index contributed by atoms with van der Waals surface area (Å²) in [6.07, 6.45) is 10.9. The van der Waals surface area contributed by atoms with Crippen LogP contribution >= 0.6 is 0 Å². The van der Waals surface area contributed by atoms with Crippen LogP contribution in [0.1, 0.15) is 79.8 Å². The van der Waals surface area contributed by atoms with E-state index >= 15 is 0 Å². The second-order valence-corrected chi connectivity index (χ2v) is 8.42. The Labute approximate surface area is 167 Å². The van der Waals surface area contributed by atoms with Gasteiger partial charge in [0.05, 0.1) is 18.1 Å². The van der Waals surface area contributed by atoms with E-state index in [0.717, 1.165) is 63.9 Å². The van der Waals surface area contributed by atoms with E-state index in [4.69, 9.17) is 4.74 Å². The van der Waals surface area contributed by atoms with Gasteiger partial charge in [-0.15, -0.1) is 0 Å². The molecule has 3 fully saturated rings. The van der Waals surface area contributed by atoms with E-state index in [0.29, 0.717) is 23.9 Å². The van der Waals surface area contributed by atoms with Crippen LogP contribution in [0.15, 0.2) is 18.3 Å². The van der Waals surface area contributed by atoms with E-state index in [1.54, 1.807) is 6.20 Å². The fourth-order valence-electron chi connectivity index (χ4n) is 4.67. The van der Waals surface area contributed by atoms with Gasteiger partial charge in [-0.1, -0.05) is 12.8 Å². The molecule has 0 bridgehead atoms. The zero-order valence-corrected chi connectivity index (χ0v) is 16.6. The smallest absolute Gasteiger partial charge is 0.253 e. The lowest BCUT2D eigenvalue weighted by molar-refractivity contribution is -0.134. The largest absolute Gasteiger partial charge is 0.378 e. The Kier molecular flexibility index (Phi) is 6.25. The Hall–Kier alpha value is -1.95. The zero-order chi connectivity index (χ0) is 19.3. The number of hydrogen-bond acceptors (Lipinski definition) is 4. The molecule has 1 atom stereocenters. The maximum Gasteiger partial charge on any atom is 0.253 e. The maximum atomic E-state index is 12.4. The van der Waals surface area contributed by atoms with Gasteiger partial charge >= 0.3 is 0 Å². The van der Waals surface area contributed by atoms with Crippen molar-refractivity contribution in [3.63, 3.8) is 0 Å². The number of carbonyl (C=O) groups excluding carboxylic acids is 2. The first-order valence-corrected chi connectivity index (χ1v) is 10.9. The van der Waals surface area contributed by atoms with Crippen molar-refractivity contribution in [2.45, 2.75) is 75.9 Å². The number of nitrogens with one attached hydrogen (secondary N) is 1. The minimum atomic E-state index is -0.0134. The van der Waals surface area contributed by atoms with Gasteiger partial charge in [0.15, 0.2) is 0 Å². The molecule has 1 aromatic rings. The number of nitrogens with zero attached hydrogens (tertiary/aromatic N) is 2. The number of rotatable bonds is 5. The minimum absolute atomic E-state index is 0.0134. The highest BCUT2D eigenvalue weighted by Gasteiger charge is 2.27. The van der Waals surface area contributed by atoms with Gasteiger partial charge in [-0.3, -0.25) is 14.6 Å². The third-order valence-corrected chi connectivity index (χ3v) is 6.43. The van der Waals surface area contributed by atoms with Gasteiger partial charge in [-0.25, -0.2) is 0 Å². The van der Waals surface area contributed by atoms with Crippen molar-refractivity contribution in [2.24, 2.45) is 0 Å². The molecule has 4 rings (SSSR count). The molecule has 1 aliphatic carbocycles. The van der Waals surface area contributed by atoms with Crippen LogP contribution in [0.2, 0.25) is 0 Å². The minimum Gasteiger partial charge on any atom is -0.378 e. The predicted octanol–water partition coefficient (Wildman–Crippen LogP) is 3.03. The number of piperidine rings is 1. The number of ether oxygens (including phenoxy) is 1. The maximum absolute atomic E-state index is 12.4. The van der Waals surface area contributed by atoms with Crippen LogP contribution in [-0.2, 0) is 9.53 Å². The number of hydrogen-bond donors (Lipinski definition) is 1. The topological polar surface area (TPSA) is 71.5 Å². The molecule has 2 aliphatic heterocycles. The summed E-state index contributed by atoms with van der Waals surface area (Å²) in [4.78, 5) is 31.3. The third kappa shape index (κ3) is 4.72. The van der Waals surface area contributed by atoms with E-state index in [1.165, 1.54) is 12.8 Å². The number of carbonyl (C=O) groups is 2. The molecule has 0 radical (unpaired) electrons. The van der Waals surface area contributed by atoms with Gasteiger partial charge in [0.1, 0.15) is 0 Å². The van der Waals surface area contributed by atoms with Crippen molar-refractivity contribution in [1.82, 2.24) is 15.2 Å². The standard InChI is InChI=1S/C22H31N3O3/c26-21(14-19-6-3-13-28-19)25-11-9-16(10-12-25)20-8-7-17(15-23-20)22(27)24-18-4-1-2-5-18/h7-8,15-16,18-19H,1-6,9-14H2,(H,24,27)/t19-/m1/s1. The van der Waals surface area contributed by atoms with Crippen molar-refractivity contribution in [1.29, 1.82) is 0 Å². The first-order valence-electron chi connectivity index (χ1n) is 10.9. The van der Waals surface area contributed by atoms with Crippen LogP contribution < -0.4 is 5.32 Å². The summed E-state index contributed by atoms with van der Waals surface area (Å²) in [6, 6.07) is 4.20. The molecule has 6 nitrogen and oxygen atoms in total. The Balaban J connectivity index is 1.26. The van der Waals surface area contributed by atoms with Gasteiger partial charge in [0, 0.05) is 43.5 Å². The summed E-state index contributed by atoms with van der Waals surface area (Å²) in [6.45, 7) is 2.35. The Bertz CT molecular complexity index is 671. The second kappa shape index (κ2) is 9.03. The van der Waals surface area contributed by atoms with Crippen LogP contribution in [0, 0.1) is 0 Å². The molecule has 2 amide bonds. The van der Waals surface area contributed by atoms with E-state index in [9.17, 15) is 9.59 Å². The quantitative estimate of drug-likeness (QED) is 0.846. The summed E-state index contributed by atoms with van der Waals surface area (Å²) in [5.41, 5.74) is 1.67. The molecule has 1 N–H and O–H groups in total. The normalized spacial score (nSPS) is 23.9. The van der Waals surface area contributed by atoms with Crippen molar-refractivity contribution >= 4 is 11.8 Å². The van der Waals surface area contributed by atoms with Crippen molar-refractivity contribution < 1.29 is 14.3 Å². The van der Waals surface area contributed by atoms with Gasteiger partial charge in [-0.05, 0) is 50.7 Å². The van der Waals surface area contributed by atoms with Crippen molar-refractivity contribution in [3.8, 4) is 0 Å². The number of likely N-dealkylation sites (tertiary alicyclic amines) is 1. The highest BCUT2D eigenvalue weighted by molar-refractivity contribution is 5.94. The first-order chi connectivity index (χ1) is 13.7. The molecule has 0 aromatic carbocycles. The fourth-order valence-corrected chi connectivity index (χ4v) is 4.67. The second-order valence-electron chi connectivity index (χ2n) is 8.42. The van der Waals surface area contributed by atoms with E-state index in [2.05, 4.69) is 10.3 Å². The molecule has 28 heavy (non-hydrogen) atoms. The SMILES string of the molecule is O=C(NC1CCCC1)c1ccc(C2CCN(C(=O)C[C@H]3CCCO3)CC2)nc1. The highest BCUT2D eigenvalue weighted by atomic mass is 16.5. The average molecular weight is 386 g/mol. The molecular formula is C22H31N3O3. The molecule has 2 saturated heterocycles. The summed E-state index contributed by atoms with van der Waals surface area (Å²) < 4.78 is 5.59. The van der Waals surface area contributed by atoms with Gasteiger partial charge in [0.25, 0.3) is 5.91 Å². The lowest BCUT2D eigenvalue weighted by Crippen LogP contribution is -2.39. The molecule has 1 aromatic heterocycles. The van der Waals surface area contributed by atoms with Gasteiger partial charge in [0.2, 0.25) is 5.91 Å². The summed E-state index contributed by atoms with van der Waals surface area (Å²) >= 11 is 0. The van der Waals surface area contributed by atoms with Crippen LogP contribution in [0.3, 0.4) is 0 Å². The van der Waals surface area contributed by atoms with Gasteiger partial charge in [-0.2, -0.15) is 0 Å². The lowest BCUT2D eigenvalue weighted by atomic mass is 9.92. The zero-order valence-electron chi connectivity index (χ0n) is 16.6. The van der Waals surface area contributed by atoms with Crippen LogP contribution in [0.4, 0.5) is 0 Å². The summed E-state index contributed by atoms with van der Waals surface area (Å²) in [5, 5.41) is 3.11. The third-order valence-electron chi connectivity index (χ3n) is 6.43. The van der Waals surface area contributed by atoms with Crippen molar-refractivity contribution in [2.75, 3.05) is 19.7 Å². The average Bonchev–Trinajstić information content (AvgIpc) is 3.42. The molecule has 0 spiro atoms. The fraction of sp³-hybridized carbons (Fsp3) is 0.682. The highest BCUT2D eigenvalue weighted by Crippen LogP contribution is 2.28. The monoisotopic (exact) mass is 385 g/mol. The Morgan fingerprint density at radius 3 is 2.50 bits per heavy atom. The molecule has 3 heterocycles. The Morgan fingerprint density at radius 1 is 1.07 bits per heavy atom. The molecule has 1 saturated carbocycles. The number of aromatic nitrogens is 1. The lowest BCUT2D eigenvalue weighted by Gasteiger charge is -2.32. The van der Waals surface area contributed by atoms with Crippen LogP contribution in [0.25, 0.3) is 0 Å². The van der Waals surface area contributed by atoms with E-state index in [-0.39, 0.29) is 17.9 Å². The van der Waals surface area contributed by atoms with Crippen LogP contribution in [0.5, 0.6) is 0 Å². The summed E-state index contributed by atoms with van der Waals surface area (Å²) in [5.74, 6) is 0.566. The van der Waals surface area contributed by atoms with E-state index < -0.39 is 0 Å². The van der Waals surface area contributed by atoms with Gasteiger partial charge < -0.3 is 15.0 Å². The predicted molar refractivity (Wildman–Crippen MR) is 106 cm³/mol. The summed E-state index contributed by atoms with van der Waals surface area (Å²) in [7, 11) is 0. The van der Waals surface area contributed by atoms with Crippen molar-refractivity contribution in [3.05, 3.63) is 29.6 Å². The molecular weight excluding hydrogens is 354 g/mol. The molecule has 6 heteroatoms. The molecule has 3 aliphatic rings. The number of pyridine rings is 1. The Morgan fingerprint density at radius 2 is 1.86 bits per heavy atom. The molecule has 0 unspecified atom stereocenters. The molecule has 152 valence electrons. The van der Waals surface area contributed by atoms with E-state index in [1.807, 2.05) is 17.0 Å². The van der Waals surface area contributed by atoms with Crippen LogP contribution in [-0.4, -0.2) is 53.5 Å². The number of amides is 2. The first kappa shape index (κ1) is 19.4.